The van der Waals surface area contributed by atoms with E-state index in [0.29, 0.717) is 30.6 Å². The lowest BCUT2D eigenvalue weighted by molar-refractivity contribution is -0.664. The molecule has 0 unspecified atom stereocenters. The molecule has 3 heterocycles. The molecule has 2 saturated heterocycles. The molecule has 0 aliphatic carbocycles. The van der Waals surface area contributed by atoms with Crippen LogP contribution in [-0.4, -0.2) is 54.3 Å². The molecular weight excluding hydrogens is 412 g/mol. The average Bonchev–Trinajstić information content (AvgIpc) is 2.78. The van der Waals surface area contributed by atoms with Gasteiger partial charge in [-0.05, 0) is 31.0 Å². The molecule has 3 amide bonds. The van der Waals surface area contributed by atoms with E-state index in [9.17, 15) is 14.4 Å². The third kappa shape index (κ3) is 3.73. The van der Waals surface area contributed by atoms with Crippen molar-refractivity contribution in [2.75, 3.05) is 25.0 Å². The minimum atomic E-state index is -0.553. The van der Waals surface area contributed by atoms with E-state index in [1.807, 2.05) is 0 Å². The normalized spacial score (nSPS) is 25.9. The molecule has 1 aromatic rings. The molecule has 0 saturated carbocycles. The first-order chi connectivity index (χ1) is 13.0. The number of hydrogen-bond acceptors (Lipinski definition) is 3. The molecular formula is C19H24BrN4O3+. The maximum Gasteiger partial charge on any atom is 0.256 e. The quantitative estimate of drug-likeness (QED) is 0.629. The van der Waals surface area contributed by atoms with Crippen LogP contribution in [0.25, 0.3) is 0 Å². The van der Waals surface area contributed by atoms with Crippen LogP contribution in [-0.2, 0) is 9.59 Å². The van der Waals surface area contributed by atoms with Gasteiger partial charge in [-0.15, -0.1) is 0 Å². The average molecular weight is 436 g/mol. The SMILES string of the molecule is O=C(N[C@H]1CCN2C(=O)c3cc(Br)ccc3NC(=O)[C@@H]2C1)C1CC[NH2+]CC1. The van der Waals surface area contributed by atoms with E-state index >= 15 is 0 Å². The predicted octanol–water partition coefficient (Wildman–Crippen LogP) is 0.464. The zero-order chi connectivity index (χ0) is 19.0. The van der Waals surface area contributed by atoms with Crippen LogP contribution in [0.15, 0.2) is 22.7 Å². The number of fused-ring (bicyclic) bond motifs is 2. The van der Waals surface area contributed by atoms with Gasteiger partial charge in [-0.25, -0.2) is 0 Å². The van der Waals surface area contributed by atoms with E-state index in [-0.39, 0.29) is 29.7 Å². The van der Waals surface area contributed by atoms with E-state index in [1.165, 1.54) is 0 Å². The van der Waals surface area contributed by atoms with Crippen LogP contribution in [0, 0.1) is 5.92 Å². The van der Waals surface area contributed by atoms with Crippen molar-refractivity contribution in [1.82, 2.24) is 10.2 Å². The Labute approximate surface area is 166 Å². The molecule has 0 radical (unpaired) electrons. The molecule has 0 aromatic heterocycles. The first-order valence-corrected chi connectivity index (χ1v) is 10.4. The lowest BCUT2D eigenvalue weighted by Gasteiger charge is -2.38. The standard InChI is InChI=1S/C19H23BrN4O3/c20-12-1-2-15-14(9-12)19(27)24-8-5-13(10-16(24)18(26)23-15)22-17(25)11-3-6-21-7-4-11/h1-2,9,11,13,16,21H,3-8,10H2,(H,22,25)(H,23,26)/p+1/t13-,16-/m0/s1. The second-order valence-corrected chi connectivity index (χ2v) is 8.48. The number of amides is 3. The molecule has 27 heavy (non-hydrogen) atoms. The number of piperidine rings is 2. The monoisotopic (exact) mass is 435 g/mol. The summed E-state index contributed by atoms with van der Waals surface area (Å²) in [5.41, 5.74) is 1.04. The summed E-state index contributed by atoms with van der Waals surface area (Å²) in [6.07, 6.45) is 2.93. The minimum Gasteiger partial charge on any atom is -0.353 e. The van der Waals surface area contributed by atoms with Gasteiger partial charge in [0, 0.05) is 35.8 Å². The first-order valence-electron chi connectivity index (χ1n) is 9.56. The lowest BCUT2D eigenvalue weighted by Crippen LogP contribution is -2.86. The second-order valence-electron chi connectivity index (χ2n) is 7.56. The molecule has 3 aliphatic rings. The number of benzene rings is 1. The zero-order valence-corrected chi connectivity index (χ0v) is 16.6. The molecule has 4 rings (SSSR count). The van der Waals surface area contributed by atoms with Gasteiger partial charge in [-0.1, -0.05) is 15.9 Å². The van der Waals surface area contributed by atoms with Crippen molar-refractivity contribution < 1.29 is 19.7 Å². The second kappa shape index (κ2) is 7.59. The Morgan fingerprint density at radius 2 is 2.00 bits per heavy atom. The van der Waals surface area contributed by atoms with E-state index in [4.69, 9.17) is 0 Å². The van der Waals surface area contributed by atoms with Crippen LogP contribution in [0.5, 0.6) is 0 Å². The number of rotatable bonds is 2. The van der Waals surface area contributed by atoms with Gasteiger partial charge in [-0.3, -0.25) is 14.4 Å². The summed E-state index contributed by atoms with van der Waals surface area (Å²) in [6, 6.07) is 4.67. The molecule has 4 N–H and O–H groups in total. The fourth-order valence-corrected chi connectivity index (χ4v) is 4.63. The van der Waals surface area contributed by atoms with Crippen molar-refractivity contribution in [3.8, 4) is 0 Å². The van der Waals surface area contributed by atoms with Crippen molar-refractivity contribution in [2.24, 2.45) is 5.92 Å². The molecule has 144 valence electrons. The van der Waals surface area contributed by atoms with Gasteiger partial charge in [0.15, 0.2) is 0 Å². The molecule has 2 fully saturated rings. The topological polar surface area (TPSA) is 95.1 Å². The Balaban J connectivity index is 1.47. The van der Waals surface area contributed by atoms with E-state index in [1.54, 1.807) is 23.1 Å². The Morgan fingerprint density at radius 3 is 2.78 bits per heavy atom. The molecule has 3 aliphatic heterocycles. The number of carbonyl (C=O) groups excluding carboxylic acids is 3. The van der Waals surface area contributed by atoms with Crippen LogP contribution in [0.2, 0.25) is 0 Å². The highest BCUT2D eigenvalue weighted by Gasteiger charge is 2.40. The van der Waals surface area contributed by atoms with Gasteiger partial charge in [-0.2, -0.15) is 0 Å². The van der Waals surface area contributed by atoms with Crippen LogP contribution >= 0.6 is 15.9 Å². The fourth-order valence-electron chi connectivity index (χ4n) is 4.27. The Hall–Kier alpha value is -1.93. The Bertz CT molecular complexity index is 778. The largest absolute Gasteiger partial charge is 0.353 e. The predicted molar refractivity (Wildman–Crippen MR) is 103 cm³/mol. The highest BCUT2D eigenvalue weighted by Crippen LogP contribution is 2.30. The summed E-state index contributed by atoms with van der Waals surface area (Å²) in [4.78, 5) is 39.9. The summed E-state index contributed by atoms with van der Waals surface area (Å²) < 4.78 is 0.800. The lowest BCUT2D eigenvalue weighted by atomic mass is 9.93. The first kappa shape index (κ1) is 18.4. The summed E-state index contributed by atoms with van der Waals surface area (Å²) in [5, 5.41) is 8.24. The molecule has 2 atom stereocenters. The summed E-state index contributed by atoms with van der Waals surface area (Å²) in [6.45, 7) is 2.44. The number of quaternary nitrogens is 1. The molecule has 0 bridgehead atoms. The number of nitrogens with two attached hydrogens (primary N) is 1. The summed E-state index contributed by atoms with van der Waals surface area (Å²) >= 11 is 3.39. The third-order valence-corrected chi connectivity index (χ3v) is 6.28. The number of halogens is 1. The number of nitrogens with one attached hydrogen (secondary N) is 2. The summed E-state index contributed by atoms with van der Waals surface area (Å²) in [7, 11) is 0. The zero-order valence-electron chi connectivity index (χ0n) is 15.0. The number of hydrogen-bond donors (Lipinski definition) is 3. The molecule has 0 spiro atoms. The van der Waals surface area contributed by atoms with E-state index in [2.05, 4.69) is 31.9 Å². The van der Waals surface area contributed by atoms with Crippen LogP contribution < -0.4 is 16.0 Å². The van der Waals surface area contributed by atoms with Gasteiger partial charge < -0.3 is 20.9 Å². The number of carbonyl (C=O) groups is 3. The van der Waals surface area contributed by atoms with Crippen LogP contribution in [0.3, 0.4) is 0 Å². The fraction of sp³-hybridized carbons (Fsp3) is 0.526. The maximum atomic E-state index is 13.0. The molecule has 7 nitrogen and oxygen atoms in total. The summed E-state index contributed by atoms with van der Waals surface area (Å²) in [5.74, 6) is -0.161. The van der Waals surface area contributed by atoms with Crippen molar-refractivity contribution in [1.29, 1.82) is 0 Å². The van der Waals surface area contributed by atoms with Gasteiger partial charge in [0.1, 0.15) is 6.04 Å². The highest BCUT2D eigenvalue weighted by atomic mass is 79.9. The van der Waals surface area contributed by atoms with Crippen LogP contribution in [0.1, 0.15) is 36.0 Å². The number of nitrogens with zero attached hydrogens (tertiary/aromatic N) is 1. The third-order valence-electron chi connectivity index (χ3n) is 5.79. The molecule has 8 heteroatoms. The smallest absolute Gasteiger partial charge is 0.256 e. The van der Waals surface area contributed by atoms with Crippen molar-refractivity contribution in [3.63, 3.8) is 0 Å². The van der Waals surface area contributed by atoms with Crippen molar-refractivity contribution in [2.45, 2.75) is 37.8 Å². The van der Waals surface area contributed by atoms with E-state index in [0.717, 1.165) is 30.4 Å². The van der Waals surface area contributed by atoms with Crippen molar-refractivity contribution >= 4 is 39.3 Å². The highest BCUT2D eigenvalue weighted by molar-refractivity contribution is 9.10. The van der Waals surface area contributed by atoms with Gasteiger partial charge in [0.2, 0.25) is 11.8 Å². The maximum absolute atomic E-state index is 13.0. The Morgan fingerprint density at radius 1 is 1.22 bits per heavy atom. The minimum absolute atomic E-state index is 0.0687. The van der Waals surface area contributed by atoms with E-state index < -0.39 is 6.04 Å². The van der Waals surface area contributed by atoms with Crippen LogP contribution in [0.4, 0.5) is 5.69 Å². The molecule has 1 aromatic carbocycles. The van der Waals surface area contributed by atoms with Gasteiger partial charge in [0.25, 0.3) is 5.91 Å². The van der Waals surface area contributed by atoms with Gasteiger partial charge in [0.05, 0.1) is 24.3 Å². The van der Waals surface area contributed by atoms with Gasteiger partial charge >= 0.3 is 0 Å². The van der Waals surface area contributed by atoms with Crippen molar-refractivity contribution in [3.05, 3.63) is 28.2 Å². The number of anilines is 1. The Kier molecular flexibility index (Phi) is 5.19.